The largest absolute Gasteiger partial charge is 0.330 e. The average molecular weight is 228 g/mol. The summed E-state index contributed by atoms with van der Waals surface area (Å²) < 4.78 is 0. The van der Waals surface area contributed by atoms with E-state index in [-0.39, 0.29) is 17.9 Å². The number of carbonyl (C=O) groups excluding carboxylic acids is 2. The maximum atomic E-state index is 12.1. The molecule has 5 heteroatoms. The lowest BCUT2D eigenvalue weighted by Crippen LogP contribution is -2.49. The van der Waals surface area contributed by atoms with Crippen molar-refractivity contribution in [1.82, 2.24) is 10.4 Å². The van der Waals surface area contributed by atoms with Crippen LogP contribution in [0, 0.1) is 5.41 Å². The molecule has 16 heavy (non-hydrogen) atoms. The first-order chi connectivity index (χ1) is 7.38. The fourth-order valence-corrected chi connectivity index (χ4v) is 1.88. The number of hydrogen-bond donors (Lipinski definition) is 1. The van der Waals surface area contributed by atoms with Gasteiger partial charge in [-0.3, -0.25) is 14.4 Å². The molecule has 0 unspecified atom stereocenters. The van der Waals surface area contributed by atoms with Crippen molar-refractivity contribution in [3.05, 3.63) is 0 Å². The third kappa shape index (κ3) is 2.72. The van der Waals surface area contributed by atoms with E-state index >= 15 is 0 Å². The summed E-state index contributed by atoms with van der Waals surface area (Å²) in [5, 5.41) is 0. The SMILES string of the molecule is CONC(=O)[C@H]1CCCN1C(=O)C(C)(C)C. The monoisotopic (exact) mass is 228 g/mol. The molecule has 1 N–H and O–H groups in total. The molecule has 0 aromatic carbocycles. The summed E-state index contributed by atoms with van der Waals surface area (Å²) in [4.78, 5) is 30.0. The van der Waals surface area contributed by atoms with E-state index in [4.69, 9.17) is 0 Å². The highest BCUT2D eigenvalue weighted by atomic mass is 16.6. The molecular weight excluding hydrogens is 208 g/mol. The van der Waals surface area contributed by atoms with E-state index < -0.39 is 5.41 Å². The molecule has 1 fully saturated rings. The van der Waals surface area contributed by atoms with Gasteiger partial charge in [-0.25, -0.2) is 5.48 Å². The minimum absolute atomic E-state index is 0.0150. The Morgan fingerprint density at radius 1 is 1.38 bits per heavy atom. The van der Waals surface area contributed by atoms with E-state index in [9.17, 15) is 9.59 Å². The van der Waals surface area contributed by atoms with E-state index in [1.54, 1.807) is 4.90 Å². The van der Waals surface area contributed by atoms with Crippen LogP contribution in [0.15, 0.2) is 0 Å². The van der Waals surface area contributed by atoms with Crippen molar-refractivity contribution in [2.45, 2.75) is 39.7 Å². The Morgan fingerprint density at radius 2 is 2.00 bits per heavy atom. The summed E-state index contributed by atoms with van der Waals surface area (Å²) in [6.45, 7) is 6.23. The molecule has 0 spiro atoms. The van der Waals surface area contributed by atoms with Crippen LogP contribution in [-0.4, -0.2) is 36.4 Å². The summed E-state index contributed by atoms with van der Waals surface area (Å²) in [5.74, 6) is -0.223. The maximum absolute atomic E-state index is 12.1. The molecule has 0 aliphatic carbocycles. The lowest BCUT2D eigenvalue weighted by molar-refractivity contribution is -0.148. The van der Waals surface area contributed by atoms with Gasteiger partial charge in [0.1, 0.15) is 6.04 Å². The van der Waals surface area contributed by atoms with Gasteiger partial charge in [-0.15, -0.1) is 0 Å². The minimum Gasteiger partial charge on any atom is -0.330 e. The van der Waals surface area contributed by atoms with Gasteiger partial charge in [-0.1, -0.05) is 20.8 Å². The van der Waals surface area contributed by atoms with Crippen LogP contribution in [0.3, 0.4) is 0 Å². The number of carbonyl (C=O) groups is 2. The number of nitrogens with one attached hydrogen (secondary N) is 1. The van der Waals surface area contributed by atoms with Crippen molar-refractivity contribution >= 4 is 11.8 Å². The molecule has 0 radical (unpaired) electrons. The highest BCUT2D eigenvalue weighted by Gasteiger charge is 2.38. The smallest absolute Gasteiger partial charge is 0.266 e. The first-order valence-corrected chi connectivity index (χ1v) is 5.52. The minimum atomic E-state index is -0.448. The van der Waals surface area contributed by atoms with Crippen LogP contribution < -0.4 is 5.48 Å². The van der Waals surface area contributed by atoms with Crippen molar-refractivity contribution in [3.8, 4) is 0 Å². The van der Waals surface area contributed by atoms with Crippen LogP contribution in [0.1, 0.15) is 33.6 Å². The molecule has 1 aliphatic heterocycles. The number of nitrogens with zero attached hydrogens (tertiary/aromatic N) is 1. The van der Waals surface area contributed by atoms with Gasteiger partial charge in [0, 0.05) is 12.0 Å². The first-order valence-electron chi connectivity index (χ1n) is 5.52. The Balaban J connectivity index is 2.73. The van der Waals surface area contributed by atoms with Gasteiger partial charge < -0.3 is 4.90 Å². The summed E-state index contributed by atoms with van der Waals surface area (Å²) in [6.07, 6.45) is 1.57. The van der Waals surface area contributed by atoms with E-state index in [0.717, 1.165) is 6.42 Å². The fraction of sp³-hybridized carbons (Fsp3) is 0.818. The molecule has 0 saturated carbocycles. The molecule has 2 amide bonds. The van der Waals surface area contributed by atoms with Crippen LogP contribution in [0.4, 0.5) is 0 Å². The Labute approximate surface area is 96.1 Å². The quantitative estimate of drug-likeness (QED) is 0.708. The summed E-state index contributed by atoms with van der Waals surface area (Å²) in [6, 6.07) is -0.383. The van der Waals surface area contributed by atoms with Crippen LogP contribution in [0.5, 0.6) is 0 Å². The Kier molecular flexibility index (Phi) is 3.91. The molecule has 92 valence electrons. The molecule has 1 aliphatic rings. The van der Waals surface area contributed by atoms with E-state index in [0.29, 0.717) is 13.0 Å². The lowest BCUT2D eigenvalue weighted by Gasteiger charge is -2.29. The highest BCUT2D eigenvalue weighted by molar-refractivity contribution is 5.89. The molecular formula is C11H20N2O3. The highest BCUT2D eigenvalue weighted by Crippen LogP contribution is 2.25. The van der Waals surface area contributed by atoms with Crippen molar-refractivity contribution in [3.63, 3.8) is 0 Å². The van der Waals surface area contributed by atoms with Gasteiger partial charge in [0.15, 0.2) is 0 Å². The first kappa shape index (κ1) is 13.0. The van der Waals surface area contributed by atoms with Crippen LogP contribution in [0.2, 0.25) is 0 Å². The van der Waals surface area contributed by atoms with Crippen molar-refractivity contribution in [2.75, 3.05) is 13.7 Å². The molecule has 5 nitrogen and oxygen atoms in total. The molecule has 1 heterocycles. The Bertz CT molecular complexity index is 283. The van der Waals surface area contributed by atoms with Crippen LogP contribution >= 0.6 is 0 Å². The van der Waals surface area contributed by atoms with Crippen molar-refractivity contribution < 1.29 is 14.4 Å². The number of hydrogen-bond acceptors (Lipinski definition) is 3. The zero-order chi connectivity index (χ0) is 12.3. The normalized spacial score (nSPS) is 21.0. The third-order valence-electron chi connectivity index (χ3n) is 2.66. The molecule has 1 atom stereocenters. The topological polar surface area (TPSA) is 58.6 Å². The predicted octanol–water partition coefficient (Wildman–Crippen LogP) is 0.701. The molecule has 0 bridgehead atoms. The fourth-order valence-electron chi connectivity index (χ4n) is 1.88. The van der Waals surface area contributed by atoms with Gasteiger partial charge in [-0.2, -0.15) is 0 Å². The van der Waals surface area contributed by atoms with E-state index in [1.165, 1.54) is 7.11 Å². The zero-order valence-corrected chi connectivity index (χ0v) is 10.4. The van der Waals surface area contributed by atoms with Crippen molar-refractivity contribution in [2.24, 2.45) is 5.41 Å². The standard InChI is InChI=1S/C11H20N2O3/c1-11(2,3)10(15)13-7-5-6-8(13)9(14)12-16-4/h8H,5-7H2,1-4H3,(H,12,14)/t8-/m1/s1. The number of likely N-dealkylation sites (tertiary alicyclic amines) is 1. The average Bonchev–Trinajstić information content (AvgIpc) is 2.63. The zero-order valence-electron chi connectivity index (χ0n) is 10.4. The molecule has 0 aromatic heterocycles. The van der Waals surface area contributed by atoms with Crippen LogP contribution in [0.25, 0.3) is 0 Å². The van der Waals surface area contributed by atoms with E-state index in [1.807, 2.05) is 20.8 Å². The Morgan fingerprint density at radius 3 is 2.50 bits per heavy atom. The van der Waals surface area contributed by atoms with Gasteiger partial charge in [0.25, 0.3) is 5.91 Å². The number of amides is 2. The molecule has 1 saturated heterocycles. The summed E-state index contributed by atoms with van der Waals surface area (Å²) >= 11 is 0. The van der Waals surface area contributed by atoms with Crippen molar-refractivity contribution in [1.29, 1.82) is 0 Å². The Hall–Kier alpha value is -1.10. The second-order valence-electron chi connectivity index (χ2n) is 5.08. The third-order valence-corrected chi connectivity index (χ3v) is 2.66. The maximum Gasteiger partial charge on any atom is 0.266 e. The summed E-state index contributed by atoms with van der Waals surface area (Å²) in [5.41, 5.74) is 1.84. The van der Waals surface area contributed by atoms with E-state index in [2.05, 4.69) is 10.3 Å². The molecule has 0 aromatic rings. The lowest BCUT2D eigenvalue weighted by atomic mass is 9.94. The van der Waals surface area contributed by atoms with Crippen LogP contribution in [-0.2, 0) is 14.4 Å². The number of rotatable bonds is 2. The van der Waals surface area contributed by atoms with Gasteiger partial charge in [-0.05, 0) is 12.8 Å². The van der Waals surface area contributed by atoms with Gasteiger partial charge in [0.05, 0.1) is 7.11 Å². The van der Waals surface area contributed by atoms with Gasteiger partial charge in [0.2, 0.25) is 5.91 Å². The predicted molar refractivity (Wildman–Crippen MR) is 59.3 cm³/mol. The van der Waals surface area contributed by atoms with Gasteiger partial charge >= 0.3 is 0 Å². The second-order valence-corrected chi connectivity index (χ2v) is 5.08. The molecule has 1 rings (SSSR count). The second kappa shape index (κ2) is 4.82. The number of hydroxylamine groups is 1. The summed E-state index contributed by atoms with van der Waals surface area (Å²) in [7, 11) is 1.39.